The molecule has 92 valence electrons. The van der Waals surface area contributed by atoms with E-state index in [4.69, 9.17) is 0 Å². The van der Waals surface area contributed by atoms with Crippen molar-refractivity contribution in [2.45, 2.75) is 19.8 Å². The minimum atomic E-state index is 0.183. The third kappa shape index (κ3) is 3.43. The zero-order valence-electron chi connectivity index (χ0n) is 9.79. The highest BCUT2D eigenvalue weighted by atomic mass is 79.9. The maximum absolute atomic E-state index is 11.4. The highest BCUT2D eigenvalue weighted by Crippen LogP contribution is 2.28. The van der Waals surface area contributed by atoms with Gasteiger partial charge in [-0.25, -0.2) is 4.98 Å². The molecule has 0 unspecified atom stereocenters. The van der Waals surface area contributed by atoms with Crippen LogP contribution in [0.5, 0.6) is 0 Å². The van der Waals surface area contributed by atoms with Crippen molar-refractivity contribution in [2.75, 3.05) is 18.4 Å². The number of anilines is 1. The summed E-state index contributed by atoms with van der Waals surface area (Å²) in [5.41, 5.74) is 1.14. The van der Waals surface area contributed by atoms with Gasteiger partial charge in [0.1, 0.15) is 5.82 Å². The normalized spacial score (nSPS) is 14.5. The Kier molecular flexibility index (Phi) is 3.99. The second-order valence-electron chi connectivity index (χ2n) is 4.28. The van der Waals surface area contributed by atoms with E-state index < -0.39 is 0 Å². The molecular weight excluding hydrogens is 282 g/mol. The van der Waals surface area contributed by atoms with E-state index >= 15 is 0 Å². The van der Waals surface area contributed by atoms with Gasteiger partial charge in [0.15, 0.2) is 0 Å². The molecule has 1 heterocycles. The predicted octanol–water partition coefficient (Wildman–Crippen LogP) is 2.09. The number of hydrogen-bond acceptors (Lipinski definition) is 3. The number of hydrogen-bond donors (Lipinski definition) is 2. The third-order valence-electron chi connectivity index (χ3n) is 2.75. The van der Waals surface area contributed by atoms with Gasteiger partial charge in [0.25, 0.3) is 0 Å². The molecule has 17 heavy (non-hydrogen) atoms. The van der Waals surface area contributed by atoms with Crippen molar-refractivity contribution in [3.8, 4) is 0 Å². The summed E-state index contributed by atoms with van der Waals surface area (Å²) in [6, 6.07) is 1.95. The Morgan fingerprint density at radius 2 is 2.29 bits per heavy atom. The summed E-state index contributed by atoms with van der Waals surface area (Å²) in [4.78, 5) is 15.6. The Bertz CT molecular complexity index is 418. The average Bonchev–Trinajstić information content (AvgIpc) is 3.13. The van der Waals surface area contributed by atoms with Gasteiger partial charge in [0, 0.05) is 25.2 Å². The van der Waals surface area contributed by atoms with Crippen molar-refractivity contribution >= 4 is 27.7 Å². The summed E-state index contributed by atoms with van der Waals surface area (Å²) in [5, 5.41) is 6.10. The standard InChI is InChI=1S/C12H16BrN3O/c1-8-4-5-14-11(10(8)13)15-6-7-16-12(17)9-2-3-9/h4-5,9H,2-3,6-7H2,1H3,(H,14,15)(H,16,17). The van der Waals surface area contributed by atoms with E-state index in [2.05, 4.69) is 31.5 Å². The van der Waals surface area contributed by atoms with E-state index in [-0.39, 0.29) is 11.8 Å². The molecule has 0 atom stereocenters. The zero-order valence-corrected chi connectivity index (χ0v) is 11.4. The number of nitrogens with zero attached hydrogens (tertiary/aromatic N) is 1. The van der Waals surface area contributed by atoms with Crippen LogP contribution in [-0.2, 0) is 4.79 Å². The summed E-state index contributed by atoms with van der Waals surface area (Å²) in [7, 11) is 0. The molecule has 0 spiro atoms. The molecule has 5 heteroatoms. The summed E-state index contributed by atoms with van der Waals surface area (Å²) < 4.78 is 0.980. The molecule has 1 amide bonds. The first-order chi connectivity index (χ1) is 8.18. The molecular formula is C12H16BrN3O. The van der Waals surface area contributed by atoms with Gasteiger partial charge in [-0.1, -0.05) is 0 Å². The Hall–Kier alpha value is -1.10. The first kappa shape index (κ1) is 12.4. The number of aromatic nitrogens is 1. The summed E-state index contributed by atoms with van der Waals surface area (Å²) >= 11 is 3.48. The highest BCUT2D eigenvalue weighted by Gasteiger charge is 2.28. The van der Waals surface area contributed by atoms with Crippen LogP contribution in [0.25, 0.3) is 0 Å². The Balaban J connectivity index is 1.74. The largest absolute Gasteiger partial charge is 0.367 e. The van der Waals surface area contributed by atoms with Crippen LogP contribution in [0, 0.1) is 12.8 Å². The number of pyridine rings is 1. The lowest BCUT2D eigenvalue weighted by Gasteiger charge is -2.09. The number of aryl methyl sites for hydroxylation is 1. The van der Waals surface area contributed by atoms with Gasteiger partial charge in [-0.3, -0.25) is 4.79 Å². The minimum absolute atomic E-state index is 0.183. The van der Waals surface area contributed by atoms with Gasteiger partial charge in [-0.2, -0.15) is 0 Å². The fraction of sp³-hybridized carbons (Fsp3) is 0.500. The van der Waals surface area contributed by atoms with E-state index in [1.807, 2.05) is 13.0 Å². The fourth-order valence-electron chi connectivity index (χ4n) is 1.52. The lowest BCUT2D eigenvalue weighted by Crippen LogP contribution is -2.30. The van der Waals surface area contributed by atoms with Crippen LogP contribution in [0.4, 0.5) is 5.82 Å². The lowest BCUT2D eigenvalue weighted by atomic mass is 10.3. The van der Waals surface area contributed by atoms with E-state index in [1.54, 1.807) is 6.20 Å². The summed E-state index contributed by atoms with van der Waals surface area (Å²) in [6.45, 7) is 3.34. The monoisotopic (exact) mass is 297 g/mol. The van der Waals surface area contributed by atoms with Crippen LogP contribution in [0.15, 0.2) is 16.7 Å². The smallest absolute Gasteiger partial charge is 0.223 e. The summed E-state index contributed by atoms with van der Waals surface area (Å²) in [6.07, 6.45) is 3.86. The first-order valence-corrected chi connectivity index (χ1v) is 6.60. The molecule has 0 saturated heterocycles. The number of halogens is 1. The zero-order chi connectivity index (χ0) is 12.3. The van der Waals surface area contributed by atoms with Crippen molar-refractivity contribution < 1.29 is 4.79 Å². The second-order valence-corrected chi connectivity index (χ2v) is 5.08. The number of carbonyl (C=O) groups excluding carboxylic acids is 1. The maximum Gasteiger partial charge on any atom is 0.223 e. The van der Waals surface area contributed by atoms with E-state index in [9.17, 15) is 4.79 Å². The molecule has 1 aliphatic rings. The van der Waals surface area contributed by atoms with E-state index in [1.165, 1.54) is 0 Å². The van der Waals surface area contributed by atoms with Crippen LogP contribution in [0.3, 0.4) is 0 Å². The molecule has 4 nitrogen and oxygen atoms in total. The molecule has 0 aromatic carbocycles. The van der Waals surface area contributed by atoms with Crippen molar-refractivity contribution in [1.29, 1.82) is 0 Å². The Morgan fingerprint density at radius 3 is 3.00 bits per heavy atom. The molecule has 0 radical (unpaired) electrons. The van der Waals surface area contributed by atoms with Crippen LogP contribution >= 0.6 is 15.9 Å². The highest BCUT2D eigenvalue weighted by molar-refractivity contribution is 9.10. The van der Waals surface area contributed by atoms with Gasteiger partial charge in [0.2, 0.25) is 5.91 Å². The molecule has 1 aliphatic carbocycles. The number of amides is 1. The van der Waals surface area contributed by atoms with E-state index in [0.717, 1.165) is 28.7 Å². The summed E-state index contributed by atoms with van der Waals surface area (Å²) in [5.74, 6) is 1.28. The fourth-order valence-corrected chi connectivity index (χ4v) is 1.89. The quantitative estimate of drug-likeness (QED) is 0.818. The van der Waals surface area contributed by atoms with Crippen LogP contribution in [0.2, 0.25) is 0 Å². The van der Waals surface area contributed by atoms with Crippen molar-refractivity contribution in [3.63, 3.8) is 0 Å². The molecule has 1 aromatic rings. The molecule has 0 aliphatic heterocycles. The number of rotatable bonds is 5. The molecule has 2 N–H and O–H groups in total. The SMILES string of the molecule is Cc1ccnc(NCCNC(=O)C2CC2)c1Br. The van der Waals surface area contributed by atoms with Gasteiger partial charge < -0.3 is 10.6 Å². The Morgan fingerprint density at radius 1 is 1.53 bits per heavy atom. The number of carbonyl (C=O) groups is 1. The first-order valence-electron chi connectivity index (χ1n) is 5.81. The maximum atomic E-state index is 11.4. The lowest BCUT2D eigenvalue weighted by molar-refractivity contribution is -0.122. The average molecular weight is 298 g/mol. The van der Waals surface area contributed by atoms with Crippen molar-refractivity contribution in [1.82, 2.24) is 10.3 Å². The van der Waals surface area contributed by atoms with Gasteiger partial charge >= 0.3 is 0 Å². The topological polar surface area (TPSA) is 54.0 Å². The molecule has 0 bridgehead atoms. The Labute approximate surface area is 109 Å². The predicted molar refractivity (Wildman–Crippen MR) is 70.9 cm³/mol. The van der Waals surface area contributed by atoms with Crippen LogP contribution in [0.1, 0.15) is 18.4 Å². The molecule has 1 aromatic heterocycles. The number of nitrogens with one attached hydrogen (secondary N) is 2. The van der Waals surface area contributed by atoms with Gasteiger partial charge in [0.05, 0.1) is 4.47 Å². The van der Waals surface area contributed by atoms with Crippen LogP contribution < -0.4 is 10.6 Å². The molecule has 1 saturated carbocycles. The molecule has 1 fully saturated rings. The third-order valence-corrected chi connectivity index (χ3v) is 3.75. The second kappa shape index (κ2) is 5.49. The minimum Gasteiger partial charge on any atom is -0.367 e. The van der Waals surface area contributed by atoms with Gasteiger partial charge in [-0.15, -0.1) is 0 Å². The van der Waals surface area contributed by atoms with Gasteiger partial charge in [-0.05, 0) is 47.3 Å². The van der Waals surface area contributed by atoms with E-state index in [0.29, 0.717) is 13.1 Å². The van der Waals surface area contributed by atoms with Crippen LogP contribution in [-0.4, -0.2) is 24.0 Å². The van der Waals surface area contributed by atoms with Crippen molar-refractivity contribution in [3.05, 3.63) is 22.3 Å². The molecule has 2 rings (SSSR count). The van der Waals surface area contributed by atoms with Crippen molar-refractivity contribution in [2.24, 2.45) is 5.92 Å².